The highest BCUT2D eigenvalue weighted by atomic mass is 127. The maximum Gasteiger partial charge on any atom is 0.308 e. The number of carbonyl (C=O) groups excluding carboxylic acids is 1. The number of halogens is 3. The molecule has 140 valence electrons. The largest absolute Gasteiger partial charge is 0.469 e. The molecular weight excluding hydrogens is 520 g/mol. The lowest BCUT2D eigenvalue weighted by Crippen LogP contribution is -2.46. The summed E-state index contributed by atoms with van der Waals surface area (Å²) in [5.74, 6) is 0.744. The predicted molar refractivity (Wildman–Crippen MR) is 116 cm³/mol. The van der Waals surface area contributed by atoms with E-state index in [4.69, 9.17) is 21.3 Å². The van der Waals surface area contributed by atoms with E-state index in [1.807, 2.05) is 25.1 Å². The fraction of sp³-hybridized carbons (Fsp3) is 0.529. The van der Waals surface area contributed by atoms with Crippen LogP contribution in [0.2, 0.25) is 5.02 Å². The van der Waals surface area contributed by atoms with Gasteiger partial charge in [0, 0.05) is 29.1 Å². The highest BCUT2D eigenvalue weighted by molar-refractivity contribution is 14.0. The molecule has 1 saturated heterocycles. The van der Waals surface area contributed by atoms with E-state index in [0.717, 1.165) is 48.5 Å². The van der Waals surface area contributed by atoms with Gasteiger partial charge in [-0.15, -0.1) is 24.0 Å². The minimum atomic E-state index is -0.113. The summed E-state index contributed by atoms with van der Waals surface area (Å²) < 4.78 is 5.79. The number of methoxy groups -OCH3 is 1. The number of guanidine groups is 1. The summed E-state index contributed by atoms with van der Waals surface area (Å²) in [4.78, 5) is 18.5. The van der Waals surface area contributed by atoms with Gasteiger partial charge in [-0.05, 0) is 37.5 Å². The third-order valence-corrected chi connectivity index (χ3v) is 4.92. The quantitative estimate of drug-likeness (QED) is 0.269. The van der Waals surface area contributed by atoms with Gasteiger partial charge in [0.2, 0.25) is 0 Å². The minimum Gasteiger partial charge on any atom is -0.469 e. The molecule has 0 unspecified atom stereocenters. The molecule has 0 bridgehead atoms. The van der Waals surface area contributed by atoms with Gasteiger partial charge in [0.15, 0.2) is 5.96 Å². The number of hydrogen-bond acceptors (Lipinski definition) is 3. The Hall–Kier alpha value is -0.540. The van der Waals surface area contributed by atoms with Crippen molar-refractivity contribution in [2.24, 2.45) is 10.9 Å². The molecule has 1 aromatic carbocycles. The normalized spacial score (nSPS) is 15.5. The van der Waals surface area contributed by atoms with Crippen molar-refractivity contribution < 1.29 is 9.53 Å². The topological polar surface area (TPSA) is 53.9 Å². The zero-order valence-corrected chi connectivity index (χ0v) is 19.1. The lowest BCUT2D eigenvalue weighted by atomic mass is 9.97. The fourth-order valence-electron chi connectivity index (χ4n) is 2.73. The van der Waals surface area contributed by atoms with E-state index in [-0.39, 0.29) is 35.9 Å². The molecule has 25 heavy (non-hydrogen) atoms. The van der Waals surface area contributed by atoms with Gasteiger partial charge < -0.3 is 15.0 Å². The molecule has 8 heteroatoms. The van der Waals surface area contributed by atoms with Gasteiger partial charge in [-0.2, -0.15) is 0 Å². The van der Waals surface area contributed by atoms with Gasteiger partial charge in [-0.1, -0.05) is 33.6 Å². The smallest absolute Gasteiger partial charge is 0.308 e. The molecule has 0 aromatic heterocycles. The number of nitrogens with one attached hydrogen (secondary N) is 1. The molecule has 2 rings (SSSR count). The van der Waals surface area contributed by atoms with Crippen LogP contribution in [0.15, 0.2) is 27.7 Å². The molecule has 0 aliphatic carbocycles. The van der Waals surface area contributed by atoms with Gasteiger partial charge in [-0.3, -0.25) is 4.79 Å². The Kier molecular flexibility index (Phi) is 10.1. The number of esters is 1. The van der Waals surface area contributed by atoms with Crippen LogP contribution in [-0.4, -0.2) is 43.6 Å². The van der Waals surface area contributed by atoms with Crippen molar-refractivity contribution in [3.63, 3.8) is 0 Å². The second-order valence-electron chi connectivity index (χ2n) is 5.69. The van der Waals surface area contributed by atoms with Gasteiger partial charge in [-0.25, -0.2) is 4.99 Å². The predicted octanol–water partition coefficient (Wildman–Crippen LogP) is 4.07. The number of aliphatic imine (C=N–C) groups is 1. The summed E-state index contributed by atoms with van der Waals surface area (Å²) >= 11 is 9.67. The Morgan fingerprint density at radius 1 is 1.44 bits per heavy atom. The van der Waals surface area contributed by atoms with E-state index in [2.05, 4.69) is 26.1 Å². The molecule has 0 radical (unpaired) electrons. The number of ether oxygens (including phenoxy) is 1. The number of rotatable bonds is 4. The summed E-state index contributed by atoms with van der Waals surface area (Å²) in [6.45, 7) is 4.94. The minimum absolute atomic E-state index is 0. The lowest BCUT2D eigenvalue weighted by Gasteiger charge is -2.33. The Bertz CT molecular complexity index is 608. The fourth-order valence-corrected chi connectivity index (χ4v) is 3.46. The van der Waals surface area contributed by atoms with Crippen molar-refractivity contribution >= 4 is 63.4 Å². The van der Waals surface area contributed by atoms with Gasteiger partial charge in [0.05, 0.1) is 19.6 Å². The average molecular weight is 545 g/mol. The van der Waals surface area contributed by atoms with Crippen LogP contribution in [-0.2, 0) is 16.1 Å². The first-order valence-electron chi connectivity index (χ1n) is 8.10. The number of hydrogen-bond donors (Lipinski definition) is 1. The van der Waals surface area contributed by atoms with Gasteiger partial charge in [0.25, 0.3) is 0 Å². The summed E-state index contributed by atoms with van der Waals surface area (Å²) in [6.07, 6.45) is 1.58. The Morgan fingerprint density at radius 2 is 2.12 bits per heavy atom. The molecule has 1 fully saturated rings. The van der Waals surface area contributed by atoms with Gasteiger partial charge in [0.1, 0.15) is 0 Å². The third-order valence-electron chi connectivity index (χ3n) is 4.08. The number of likely N-dealkylation sites (tertiary alicyclic amines) is 1. The van der Waals surface area contributed by atoms with E-state index < -0.39 is 0 Å². The van der Waals surface area contributed by atoms with Crippen molar-refractivity contribution in [1.82, 2.24) is 10.2 Å². The van der Waals surface area contributed by atoms with Crippen LogP contribution in [0.1, 0.15) is 25.3 Å². The zero-order chi connectivity index (χ0) is 17.5. The van der Waals surface area contributed by atoms with Crippen LogP contribution < -0.4 is 5.32 Å². The maximum atomic E-state index is 11.6. The summed E-state index contributed by atoms with van der Waals surface area (Å²) in [5.41, 5.74) is 0.986. The number of benzene rings is 1. The molecule has 0 spiro atoms. The lowest BCUT2D eigenvalue weighted by molar-refractivity contribution is -0.146. The Morgan fingerprint density at radius 3 is 2.68 bits per heavy atom. The molecule has 1 aliphatic heterocycles. The van der Waals surface area contributed by atoms with Crippen LogP contribution in [0.3, 0.4) is 0 Å². The second-order valence-corrected chi connectivity index (χ2v) is 7.01. The standard InChI is InChI=1S/C17H23BrClN3O2.HI/c1-3-20-17(21-11-13-4-5-14(18)10-15(13)19)22-8-6-12(7-9-22)16(23)24-2;/h4-5,10,12H,3,6-9,11H2,1-2H3,(H,20,21);1H. The first-order valence-corrected chi connectivity index (χ1v) is 9.27. The number of nitrogens with zero attached hydrogens (tertiary/aromatic N) is 2. The molecule has 0 amide bonds. The molecule has 0 atom stereocenters. The van der Waals surface area contributed by atoms with Crippen molar-refractivity contribution in [3.8, 4) is 0 Å². The van der Waals surface area contributed by atoms with E-state index in [1.54, 1.807) is 0 Å². The van der Waals surface area contributed by atoms with Crippen molar-refractivity contribution in [3.05, 3.63) is 33.3 Å². The summed E-state index contributed by atoms with van der Waals surface area (Å²) in [6, 6.07) is 5.82. The molecule has 5 nitrogen and oxygen atoms in total. The van der Waals surface area contributed by atoms with Crippen LogP contribution in [0.25, 0.3) is 0 Å². The molecule has 1 aliphatic rings. The van der Waals surface area contributed by atoms with Crippen molar-refractivity contribution in [2.45, 2.75) is 26.3 Å². The van der Waals surface area contributed by atoms with E-state index in [0.29, 0.717) is 11.6 Å². The van der Waals surface area contributed by atoms with E-state index in [1.165, 1.54) is 7.11 Å². The SMILES string of the molecule is CCNC(=NCc1ccc(Br)cc1Cl)N1CCC(C(=O)OC)CC1.I. The van der Waals surface area contributed by atoms with Crippen LogP contribution >= 0.6 is 51.5 Å². The molecule has 0 saturated carbocycles. The molecule has 1 aromatic rings. The average Bonchev–Trinajstić information content (AvgIpc) is 2.59. The van der Waals surface area contributed by atoms with Crippen molar-refractivity contribution in [1.29, 1.82) is 0 Å². The molecule has 1 N–H and O–H groups in total. The highest BCUT2D eigenvalue weighted by Gasteiger charge is 2.26. The maximum absolute atomic E-state index is 11.6. The molecular formula is C17H24BrClIN3O2. The third kappa shape index (κ3) is 6.60. The number of carbonyl (C=O) groups is 1. The first kappa shape index (κ1) is 22.5. The Balaban J connectivity index is 0.00000312. The summed E-state index contributed by atoms with van der Waals surface area (Å²) in [7, 11) is 1.45. The van der Waals surface area contributed by atoms with Crippen molar-refractivity contribution in [2.75, 3.05) is 26.7 Å². The number of piperidine rings is 1. The monoisotopic (exact) mass is 543 g/mol. The molecule has 1 heterocycles. The van der Waals surface area contributed by atoms with E-state index >= 15 is 0 Å². The van der Waals surface area contributed by atoms with Crippen LogP contribution in [0.5, 0.6) is 0 Å². The highest BCUT2D eigenvalue weighted by Crippen LogP contribution is 2.22. The summed E-state index contributed by atoms with van der Waals surface area (Å²) in [5, 5.41) is 4.02. The van der Waals surface area contributed by atoms with Gasteiger partial charge >= 0.3 is 5.97 Å². The van der Waals surface area contributed by atoms with E-state index in [9.17, 15) is 4.79 Å². The van der Waals surface area contributed by atoms with Crippen LogP contribution in [0, 0.1) is 5.92 Å². The zero-order valence-electron chi connectivity index (χ0n) is 14.4. The first-order chi connectivity index (χ1) is 11.5. The Labute approximate surface area is 179 Å². The van der Waals surface area contributed by atoms with Crippen LogP contribution in [0.4, 0.5) is 0 Å². The second kappa shape index (κ2) is 11.2.